The van der Waals surface area contributed by atoms with Gasteiger partial charge in [0.25, 0.3) is 0 Å². The van der Waals surface area contributed by atoms with Crippen molar-refractivity contribution in [3.05, 3.63) is 57.9 Å². The summed E-state index contributed by atoms with van der Waals surface area (Å²) < 4.78 is 0. The van der Waals surface area contributed by atoms with Gasteiger partial charge in [-0.15, -0.1) is 0 Å². The van der Waals surface area contributed by atoms with Gasteiger partial charge in [-0.05, 0) is 87.1 Å². The van der Waals surface area contributed by atoms with E-state index in [1.54, 1.807) is 0 Å². The zero-order valence-electron chi connectivity index (χ0n) is 19.0. The van der Waals surface area contributed by atoms with Crippen molar-refractivity contribution in [2.45, 2.75) is 40.5 Å². The van der Waals surface area contributed by atoms with Gasteiger partial charge in [0.1, 0.15) is 0 Å². The number of rotatable bonds is 0. The minimum atomic E-state index is -0.133. The fourth-order valence-electron chi connectivity index (χ4n) is 4.99. The van der Waals surface area contributed by atoms with Gasteiger partial charge in [-0.3, -0.25) is 9.97 Å². The molecule has 0 saturated heterocycles. The lowest BCUT2D eigenvalue weighted by molar-refractivity contribution is 0.419. The van der Waals surface area contributed by atoms with Gasteiger partial charge in [0, 0.05) is 27.9 Å². The van der Waals surface area contributed by atoms with Crippen LogP contribution < -0.4 is 0 Å². The number of hydrogen-bond donors (Lipinski definition) is 5. The first kappa shape index (κ1) is 19.7. The number of H-pyrrole nitrogens is 3. The SMILES string of the molecule is Cc1c2nc(c(C)c3cc(C)c([nH]3)c(C)c3ccc([nH]3)c3c4nc1cc-4c(O)[nH]c3O)CC2. The van der Waals surface area contributed by atoms with Gasteiger partial charge in [0.2, 0.25) is 11.8 Å². The van der Waals surface area contributed by atoms with E-state index >= 15 is 0 Å². The van der Waals surface area contributed by atoms with Crippen molar-refractivity contribution in [3.8, 4) is 23.0 Å². The topological polar surface area (TPSA) is 114 Å². The zero-order chi connectivity index (χ0) is 23.0. The number of aromatic hydroxyl groups is 2. The molecule has 0 amide bonds. The summed E-state index contributed by atoms with van der Waals surface area (Å²) in [6, 6.07) is 7.97. The fraction of sp³-hybridized carbons (Fsp3) is 0.231. The van der Waals surface area contributed by atoms with Crippen LogP contribution in [0.25, 0.3) is 44.2 Å². The van der Waals surface area contributed by atoms with Crippen LogP contribution >= 0.6 is 0 Å². The molecule has 0 radical (unpaired) electrons. The molecule has 3 aliphatic heterocycles. The molecule has 0 aromatic carbocycles. The minimum absolute atomic E-state index is 0.107. The molecule has 0 atom stereocenters. The minimum Gasteiger partial charge on any atom is -0.494 e. The Morgan fingerprint density at radius 1 is 0.727 bits per heavy atom. The number of aromatic amines is 3. The van der Waals surface area contributed by atoms with Crippen LogP contribution in [0.1, 0.15) is 33.6 Å². The highest BCUT2D eigenvalue weighted by Gasteiger charge is 2.21. The van der Waals surface area contributed by atoms with Crippen LogP contribution in [0.2, 0.25) is 0 Å². The highest BCUT2D eigenvalue weighted by atomic mass is 16.3. The van der Waals surface area contributed by atoms with Crippen molar-refractivity contribution < 1.29 is 10.2 Å². The average molecular weight is 440 g/mol. The molecule has 0 spiro atoms. The predicted molar refractivity (Wildman–Crippen MR) is 130 cm³/mol. The van der Waals surface area contributed by atoms with Crippen LogP contribution in [0.5, 0.6) is 11.8 Å². The quantitative estimate of drug-likeness (QED) is 0.221. The molecule has 166 valence electrons. The van der Waals surface area contributed by atoms with Gasteiger partial charge >= 0.3 is 0 Å². The van der Waals surface area contributed by atoms with Crippen molar-refractivity contribution in [2.75, 3.05) is 0 Å². The van der Waals surface area contributed by atoms with E-state index in [-0.39, 0.29) is 11.8 Å². The number of nitrogens with one attached hydrogen (secondary N) is 3. The summed E-state index contributed by atoms with van der Waals surface area (Å²) in [6.07, 6.45) is 1.72. The first-order chi connectivity index (χ1) is 15.8. The maximum Gasteiger partial charge on any atom is 0.202 e. The van der Waals surface area contributed by atoms with Crippen LogP contribution in [-0.4, -0.2) is 35.1 Å². The van der Waals surface area contributed by atoms with Gasteiger partial charge in [-0.2, -0.15) is 0 Å². The Hall–Kier alpha value is -4.00. The van der Waals surface area contributed by atoms with E-state index < -0.39 is 0 Å². The second-order valence-electron chi connectivity index (χ2n) is 9.01. The van der Waals surface area contributed by atoms with Crippen molar-refractivity contribution in [3.63, 3.8) is 0 Å². The van der Waals surface area contributed by atoms with E-state index in [0.717, 1.165) is 74.1 Å². The lowest BCUT2D eigenvalue weighted by Crippen LogP contribution is -1.87. The second kappa shape index (κ2) is 6.75. The molecular weight excluding hydrogens is 414 g/mol. The lowest BCUT2D eigenvalue weighted by atomic mass is 10.1. The summed E-state index contributed by atoms with van der Waals surface area (Å²) in [5, 5.41) is 21.8. The average Bonchev–Trinajstić information content (AvgIpc) is 3.56. The Labute approximate surface area is 189 Å². The Kier molecular flexibility index (Phi) is 4.02. The van der Waals surface area contributed by atoms with Crippen molar-refractivity contribution >= 4 is 33.0 Å². The summed E-state index contributed by atoms with van der Waals surface area (Å²) in [5.41, 5.74) is 12.1. The highest BCUT2D eigenvalue weighted by molar-refractivity contribution is 6.00. The maximum absolute atomic E-state index is 10.7. The summed E-state index contributed by atoms with van der Waals surface area (Å²) >= 11 is 0. The highest BCUT2D eigenvalue weighted by Crippen LogP contribution is 2.40. The zero-order valence-corrected chi connectivity index (χ0v) is 19.0. The Bertz CT molecular complexity index is 1680. The number of aryl methyl sites for hydroxylation is 6. The molecule has 5 N–H and O–H groups in total. The Morgan fingerprint density at radius 2 is 1.45 bits per heavy atom. The molecule has 0 unspecified atom stereocenters. The monoisotopic (exact) mass is 439 g/mol. The molecule has 3 aliphatic rings. The van der Waals surface area contributed by atoms with Crippen molar-refractivity contribution in [1.82, 2.24) is 24.9 Å². The first-order valence-corrected chi connectivity index (χ1v) is 11.1. The third-order valence-corrected chi connectivity index (χ3v) is 7.01. The van der Waals surface area contributed by atoms with E-state index in [4.69, 9.17) is 9.97 Å². The molecule has 33 heavy (non-hydrogen) atoms. The number of hydrogen-bond acceptors (Lipinski definition) is 4. The third-order valence-electron chi connectivity index (χ3n) is 7.01. The molecule has 0 saturated carbocycles. The number of aromatic nitrogens is 5. The molecule has 7 heteroatoms. The summed E-state index contributed by atoms with van der Waals surface area (Å²) in [4.78, 5) is 19.5. The molecule has 3 aromatic heterocycles. The van der Waals surface area contributed by atoms with Crippen LogP contribution in [0.3, 0.4) is 0 Å². The first-order valence-electron chi connectivity index (χ1n) is 11.1. The predicted octanol–water partition coefficient (Wildman–Crippen LogP) is 5.46. The normalized spacial score (nSPS) is 12.8. The van der Waals surface area contributed by atoms with E-state index in [2.05, 4.69) is 41.8 Å². The molecule has 0 fully saturated rings. The van der Waals surface area contributed by atoms with Crippen molar-refractivity contribution in [2.24, 2.45) is 0 Å². The Balaban J connectivity index is 1.88. The third kappa shape index (κ3) is 2.81. The van der Waals surface area contributed by atoms with Gasteiger partial charge in [0.15, 0.2) is 0 Å². The molecule has 6 rings (SSSR count). The van der Waals surface area contributed by atoms with Gasteiger partial charge in [-0.25, -0.2) is 4.98 Å². The smallest absolute Gasteiger partial charge is 0.202 e. The van der Waals surface area contributed by atoms with Gasteiger partial charge < -0.3 is 20.2 Å². The van der Waals surface area contributed by atoms with E-state index in [0.29, 0.717) is 16.6 Å². The molecule has 6 heterocycles. The number of nitrogens with zero attached hydrogens (tertiary/aromatic N) is 2. The van der Waals surface area contributed by atoms with Crippen LogP contribution in [-0.2, 0) is 12.8 Å². The maximum atomic E-state index is 10.7. The molecule has 8 bridgehead atoms. The molecular formula is C26H25N5O2. The fourth-order valence-corrected chi connectivity index (χ4v) is 4.99. The summed E-state index contributed by atoms with van der Waals surface area (Å²) in [7, 11) is 0. The van der Waals surface area contributed by atoms with Gasteiger partial charge in [-0.1, -0.05) is 0 Å². The lowest BCUT2D eigenvalue weighted by Gasteiger charge is -2.06. The van der Waals surface area contributed by atoms with E-state index in [1.807, 2.05) is 25.1 Å². The molecule has 7 nitrogen and oxygen atoms in total. The van der Waals surface area contributed by atoms with Crippen LogP contribution in [0, 0.1) is 27.7 Å². The van der Waals surface area contributed by atoms with Crippen LogP contribution in [0.4, 0.5) is 0 Å². The van der Waals surface area contributed by atoms with E-state index in [9.17, 15) is 10.2 Å². The summed E-state index contributed by atoms with van der Waals surface area (Å²) in [5.74, 6) is -0.240. The van der Waals surface area contributed by atoms with Gasteiger partial charge in [0.05, 0.1) is 27.7 Å². The van der Waals surface area contributed by atoms with Crippen molar-refractivity contribution in [1.29, 1.82) is 0 Å². The van der Waals surface area contributed by atoms with E-state index in [1.165, 1.54) is 0 Å². The number of pyridine rings is 1. The largest absolute Gasteiger partial charge is 0.494 e. The summed E-state index contributed by atoms with van der Waals surface area (Å²) in [6.45, 7) is 8.32. The van der Waals surface area contributed by atoms with Crippen LogP contribution in [0.15, 0.2) is 24.3 Å². The molecule has 3 aromatic rings. The standard InChI is InChI=1S/C26H25N5O2/c1-11-9-20-12(2)16-5-6-17(27-16)13(3)21-10-15-24(30-21)22(26(33)31-25(15)32)19-8-7-18(28-19)14(4)23(11)29-20/h7-10,28-29,31-33H,5-6H2,1-4H3. The number of fused-ring (bicyclic) bond motifs is 8. The Morgan fingerprint density at radius 3 is 2.24 bits per heavy atom. The second-order valence-corrected chi connectivity index (χ2v) is 9.01. The molecule has 0 aliphatic carbocycles.